The van der Waals surface area contributed by atoms with Crippen molar-refractivity contribution in [2.75, 3.05) is 0 Å². The van der Waals surface area contributed by atoms with Gasteiger partial charge in [0.05, 0.1) is 28.0 Å². The zero-order valence-electron chi connectivity index (χ0n) is 17.4. The van der Waals surface area contributed by atoms with Crippen LogP contribution in [0.25, 0.3) is 16.5 Å². The van der Waals surface area contributed by atoms with E-state index in [2.05, 4.69) is 30.9 Å². The molecule has 0 bridgehead atoms. The first-order valence-electron chi connectivity index (χ1n) is 10.2. The van der Waals surface area contributed by atoms with E-state index in [0.29, 0.717) is 35.2 Å². The lowest BCUT2D eigenvalue weighted by atomic mass is 9.75. The van der Waals surface area contributed by atoms with E-state index in [1.165, 1.54) is 6.07 Å². The standard InChI is InChI=1S/C23H26FN3O2/c1-5-6-7-15-8-14-9-16(10-17(24)21(14)22(29)25-15)27-18-11-23(3,4)12-19(28)20(18)13(2)26-27/h8-10H,5-7,11-12H2,1-4H3,(H,25,29). The second kappa shape index (κ2) is 6.94. The number of nitrogens with zero attached hydrogens (tertiary/aromatic N) is 2. The van der Waals surface area contributed by atoms with E-state index < -0.39 is 11.4 Å². The Balaban J connectivity index is 1.91. The number of aryl methyl sites for hydroxylation is 2. The van der Waals surface area contributed by atoms with Gasteiger partial charge in [-0.05, 0) is 49.1 Å². The number of pyridine rings is 1. The first-order valence-corrected chi connectivity index (χ1v) is 10.2. The predicted octanol–water partition coefficient (Wildman–Crippen LogP) is 4.66. The van der Waals surface area contributed by atoms with Crippen molar-refractivity contribution in [1.29, 1.82) is 0 Å². The summed E-state index contributed by atoms with van der Waals surface area (Å²) in [5.74, 6) is -0.497. The average molecular weight is 395 g/mol. The van der Waals surface area contributed by atoms with E-state index >= 15 is 0 Å². The van der Waals surface area contributed by atoms with Gasteiger partial charge in [-0.25, -0.2) is 9.07 Å². The van der Waals surface area contributed by atoms with Crippen molar-refractivity contribution in [2.45, 2.75) is 59.8 Å². The number of unbranched alkanes of at least 4 members (excludes halogenated alkanes) is 1. The highest BCUT2D eigenvalue weighted by Gasteiger charge is 2.35. The Morgan fingerprint density at radius 1 is 1.21 bits per heavy atom. The predicted molar refractivity (Wildman–Crippen MR) is 111 cm³/mol. The molecule has 152 valence electrons. The Hall–Kier alpha value is -2.76. The molecular formula is C23H26FN3O2. The van der Waals surface area contributed by atoms with E-state index in [9.17, 15) is 14.0 Å². The van der Waals surface area contributed by atoms with Gasteiger partial charge in [0, 0.05) is 18.2 Å². The van der Waals surface area contributed by atoms with Gasteiger partial charge in [0.25, 0.3) is 5.56 Å². The van der Waals surface area contributed by atoms with Crippen molar-refractivity contribution in [3.63, 3.8) is 0 Å². The summed E-state index contributed by atoms with van der Waals surface area (Å²) in [5, 5.41) is 5.18. The molecule has 1 N–H and O–H groups in total. The lowest BCUT2D eigenvalue weighted by Crippen LogP contribution is -2.28. The molecule has 1 aromatic carbocycles. The van der Waals surface area contributed by atoms with Crippen LogP contribution in [0.3, 0.4) is 0 Å². The molecule has 6 heteroatoms. The number of carbonyl (C=O) groups is 1. The van der Waals surface area contributed by atoms with Crippen LogP contribution < -0.4 is 5.56 Å². The number of nitrogens with one attached hydrogen (secondary N) is 1. The van der Waals surface area contributed by atoms with Gasteiger partial charge < -0.3 is 4.98 Å². The SMILES string of the molecule is CCCCc1cc2cc(-n3nc(C)c4c3CC(C)(C)CC4=O)cc(F)c2c(=O)[nH]1. The van der Waals surface area contributed by atoms with Crippen molar-refractivity contribution in [3.8, 4) is 5.69 Å². The second-order valence-corrected chi connectivity index (χ2v) is 8.88. The van der Waals surface area contributed by atoms with Crippen LogP contribution in [0.1, 0.15) is 67.5 Å². The number of aromatic nitrogens is 3. The third-order valence-corrected chi connectivity index (χ3v) is 5.70. The molecule has 0 unspecified atom stereocenters. The quantitative estimate of drug-likeness (QED) is 0.699. The van der Waals surface area contributed by atoms with Gasteiger partial charge in [0.1, 0.15) is 5.82 Å². The number of benzene rings is 1. The normalized spacial score (nSPS) is 15.7. The molecule has 0 atom stereocenters. The van der Waals surface area contributed by atoms with Gasteiger partial charge in [0.15, 0.2) is 5.78 Å². The van der Waals surface area contributed by atoms with E-state index in [1.807, 2.05) is 13.0 Å². The summed E-state index contributed by atoms with van der Waals surface area (Å²) in [7, 11) is 0. The molecule has 2 aromatic heterocycles. The molecular weight excluding hydrogens is 369 g/mol. The number of aromatic amines is 1. The first-order chi connectivity index (χ1) is 13.7. The molecule has 29 heavy (non-hydrogen) atoms. The van der Waals surface area contributed by atoms with E-state index in [4.69, 9.17) is 0 Å². The van der Waals surface area contributed by atoms with Crippen LogP contribution in [-0.2, 0) is 12.8 Å². The fourth-order valence-corrected chi connectivity index (χ4v) is 4.38. The maximum Gasteiger partial charge on any atom is 0.259 e. The summed E-state index contributed by atoms with van der Waals surface area (Å²) >= 11 is 0. The van der Waals surface area contributed by atoms with Gasteiger partial charge in [-0.15, -0.1) is 0 Å². The second-order valence-electron chi connectivity index (χ2n) is 8.88. The monoisotopic (exact) mass is 395 g/mol. The number of fused-ring (bicyclic) bond motifs is 2. The zero-order valence-corrected chi connectivity index (χ0v) is 17.4. The van der Waals surface area contributed by atoms with Crippen molar-refractivity contribution < 1.29 is 9.18 Å². The summed E-state index contributed by atoms with van der Waals surface area (Å²) < 4.78 is 16.6. The molecule has 3 aromatic rings. The first kappa shape index (κ1) is 19.6. The number of hydrogen-bond acceptors (Lipinski definition) is 3. The Bertz CT molecular complexity index is 1190. The van der Waals surface area contributed by atoms with Crippen LogP contribution in [0.15, 0.2) is 23.0 Å². The van der Waals surface area contributed by atoms with Crippen molar-refractivity contribution >= 4 is 16.6 Å². The van der Waals surface area contributed by atoms with Crippen LogP contribution in [0.4, 0.5) is 4.39 Å². The molecule has 0 radical (unpaired) electrons. The maximum atomic E-state index is 14.9. The number of hydrogen-bond donors (Lipinski definition) is 1. The smallest absolute Gasteiger partial charge is 0.259 e. The molecule has 5 nitrogen and oxygen atoms in total. The molecule has 2 heterocycles. The number of rotatable bonds is 4. The Morgan fingerprint density at radius 3 is 2.69 bits per heavy atom. The summed E-state index contributed by atoms with van der Waals surface area (Å²) in [6, 6.07) is 4.97. The molecule has 0 amide bonds. The third-order valence-electron chi connectivity index (χ3n) is 5.70. The molecule has 0 saturated heterocycles. The topological polar surface area (TPSA) is 67.8 Å². The van der Waals surface area contributed by atoms with E-state index in [-0.39, 0.29) is 16.6 Å². The minimum absolute atomic E-state index is 0.0585. The van der Waals surface area contributed by atoms with Crippen LogP contribution >= 0.6 is 0 Å². The molecule has 0 saturated carbocycles. The van der Waals surface area contributed by atoms with Crippen LogP contribution in [0.2, 0.25) is 0 Å². The molecule has 0 fully saturated rings. The number of halogens is 1. The van der Waals surface area contributed by atoms with Gasteiger partial charge >= 0.3 is 0 Å². The van der Waals surface area contributed by atoms with Crippen LogP contribution in [-0.4, -0.2) is 20.5 Å². The number of ketones is 1. The summed E-state index contributed by atoms with van der Waals surface area (Å²) in [5.41, 5.74) is 2.89. The van der Waals surface area contributed by atoms with Gasteiger partial charge in [-0.1, -0.05) is 27.2 Å². The van der Waals surface area contributed by atoms with Crippen molar-refractivity contribution in [3.05, 3.63) is 57.0 Å². The lowest BCUT2D eigenvalue weighted by Gasteiger charge is -2.29. The molecule has 1 aliphatic carbocycles. The van der Waals surface area contributed by atoms with E-state index in [0.717, 1.165) is 30.7 Å². The fraction of sp³-hybridized carbons (Fsp3) is 0.435. The van der Waals surface area contributed by atoms with Crippen LogP contribution in [0, 0.1) is 18.2 Å². The average Bonchev–Trinajstić information content (AvgIpc) is 2.94. The van der Waals surface area contributed by atoms with Crippen molar-refractivity contribution in [2.24, 2.45) is 5.41 Å². The van der Waals surface area contributed by atoms with E-state index in [1.54, 1.807) is 10.7 Å². The number of carbonyl (C=O) groups excluding carboxylic acids is 1. The van der Waals surface area contributed by atoms with Gasteiger partial charge in [-0.2, -0.15) is 5.10 Å². The lowest BCUT2D eigenvalue weighted by molar-refractivity contribution is 0.0910. The zero-order chi connectivity index (χ0) is 20.9. The van der Waals surface area contributed by atoms with Gasteiger partial charge in [0.2, 0.25) is 0 Å². The minimum Gasteiger partial charge on any atom is -0.326 e. The molecule has 4 rings (SSSR count). The maximum absolute atomic E-state index is 14.9. The van der Waals surface area contributed by atoms with Crippen LogP contribution in [0.5, 0.6) is 0 Å². The largest absolute Gasteiger partial charge is 0.326 e. The summed E-state index contributed by atoms with van der Waals surface area (Å²) in [6.07, 6.45) is 3.87. The fourth-order valence-electron chi connectivity index (χ4n) is 4.38. The minimum atomic E-state index is -0.580. The Kier molecular flexibility index (Phi) is 4.68. The van der Waals surface area contributed by atoms with Gasteiger partial charge in [-0.3, -0.25) is 9.59 Å². The Labute approximate surface area is 168 Å². The highest BCUT2D eigenvalue weighted by Crippen LogP contribution is 2.37. The number of Topliss-reactive ketones (excluding diaryl/α,β-unsaturated/α-hetero) is 1. The summed E-state index contributed by atoms with van der Waals surface area (Å²) in [4.78, 5) is 27.9. The number of H-pyrrole nitrogens is 1. The third kappa shape index (κ3) is 3.41. The molecule has 1 aliphatic rings. The Morgan fingerprint density at radius 2 is 1.97 bits per heavy atom. The molecule has 0 spiro atoms. The summed E-state index contributed by atoms with van der Waals surface area (Å²) in [6.45, 7) is 8.02. The highest BCUT2D eigenvalue weighted by atomic mass is 19.1. The molecule has 0 aliphatic heterocycles. The van der Waals surface area contributed by atoms with Crippen molar-refractivity contribution in [1.82, 2.24) is 14.8 Å². The highest BCUT2D eigenvalue weighted by molar-refractivity contribution is 6.00.